The number of nitrogens with zero attached hydrogens (tertiary/aromatic N) is 1. The SMILES string of the molecule is CCOc1ccc(C(=O)Oc2ccc(Br)cc2/C=N\NC(=O)C(=O)Nc2ccc(Cl)c(Cl)c2)cc1. The van der Waals surface area contributed by atoms with Crippen LogP contribution in [0.5, 0.6) is 11.5 Å². The summed E-state index contributed by atoms with van der Waals surface area (Å²) in [5.74, 6) is -1.73. The van der Waals surface area contributed by atoms with E-state index in [1.807, 2.05) is 6.92 Å². The van der Waals surface area contributed by atoms with Crippen LogP contribution in [0.1, 0.15) is 22.8 Å². The first kappa shape index (κ1) is 26.2. The molecule has 0 aliphatic rings. The molecule has 0 bridgehead atoms. The molecule has 11 heteroatoms. The van der Waals surface area contributed by atoms with Gasteiger partial charge in [-0.15, -0.1) is 0 Å². The van der Waals surface area contributed by atoms with E-state index in [9.17, 15) is 14.4 Å². The third-order valence-electron chi connectivity index (χ3n) is 4.33. The first-order valence-corrected chi connectivity index (χ1v) is 11.7. The molecule has 3 aromatic rings. The Balaban J connectivity index is 1.65. The molecule has 0 heterocycles. The van der Waals surface area contributed by atoms with Crippen LogP contribution in [-0.2, 0) is 9.59 Å². The van der Waals surface area contributed by atoms with Crippen LogP contribution in [0.25, 0.3) is 0 Å². The Bertz CT molecular complexity index is 1280. The van der Waals surface area contributed by atoms with Gasteiger partial charge in [0.25, 0.3) is 0 Å². The highest BCUT2D eigenvalue weighted by Crippen LogP contribution is 2.25. The molecule has 35 heavy (non-hydrogen) atoms. The number of anilines is 1. The molecule has 0 aliphatic heterocycles. The third-order valence-corrected chi connectivity index (χ3v) is 5.56. The second kappa shape index (κ2) is 12.3. The number of amides is 2. The van der Waals surface area contributed by atoms with Crippen LogP contribution >= 0.6 is 39.1 Å². The van der Waals surface area contributed by atoms with E-state index >= 15 is 0 Å². The fourth-order valence-electron chi connectivity index (χ4n) is 2.70. The lowest BCUT2D eigenvalue weighted by molar-refractivity contribution is -0.136. The van der Waals surface area contributed by atoms with Gasteiger partial charge in [0.2, 0.25) is 0 Å². The van der Waals surface area contributed by atoms with Crippen LogP contribution < -0.4 is 20.2 Å². The Morgan fingerprint density at radius 3 is 2.40 bits per heavy atom. The van der Waals surface area contributed by atoms with Crippen molar-refractivity contribution in [3.8, 4) is 11.5 Å². The van der Waals surface area contributed by atoms with Crippen molar-refractivity contribution in [3.05, 3.63) is 86.3 Å². The molecule has 180 valence electrons. The van der Waals surface area contributed by atoms with E-state index in [2.05, 4.69) is 31.8 Å². The number of ether oxygens (including phenoxy) is 2. The predicted octanol–water partition coefficient (Wildman–Crippen LogP) is 5.46. The van der Waals surface area contributed by atoms with Gasteiger partial charge in [0, 0.05) is 15.7 Å². The summed E-state index contributed by atoms with van der Waals surface area (Å²) in [6.45, 7) is 2.38. The molecule has 0 radical (unpaired) electrons. The highest BCUT2D eigenvalue weighted by atomic mass is 79.9. The number of hydrazone groups is 1. The number of carbonyl (C=O) groups excluding carboxylic acids is 3. The third kappa shape index (κ3) is 7.54. The molecule has 0 saturated carbocycles. The molecule has 8 nitrogen and oxygen atoms in total. The summed E-state index contributed by atoms with van der Waals surface area (Å²) >= 11 is 15.1. The van der Waals surface area contributed by atoms with Crippen molar-refractivity contribution in [1.82, 2.24) is 5.43 Å². The molecular weight excluding hydrogens is 561 g/mol. The van der Waals surface area contributed by atoms with Crippen molar-refractivity contribution < 1.29 is 23.9 Å². The van der Waals surface area contributed by atoms with Gasteiger partial charge in [-0.05, 0) is 67.6 Å². The lowest BCUT2D eigenvalue weighted by Crippen LogP contribution is -2.32. The summed E-state index contributed by atoms with van der Waals surface area (Å²) in [5.41, 5.74) is 3.11. The first-order chi connectivity index (χ1) is 16.8. The van der Waals surface area contributed by atoms with E-state index in [1.165, 1.54) is 24.4 Å². The van der Waals surface area contributed by atoms with Gasteiger partial charge in [-0.1, -0.05) is 39.1 Å². The molecule has 0 unspecified atom stereocenters. The highest BCUT2D eigenvalue weighted by Gasteiger charge is 2.15. The monoisotopic (exact) mass is 577 g/mol. The van der Waals surface area contributed by atoms with E-state index in [4.69, 9.17) is 32.7 Å². The van der Waals surface area contributed by atoms with Crippen LogP contribution in [-0.4, -0.2) is 30.6 Å². The summed E-state index contributed by atoms with van der Waals surface area (Å²) < 4.78 is 11.5. The summed E-state index contributed by atoms with van der Waals surface area (Å²) in [4.78, 5) is 36.7. The summed E-state index contributed by atoms with van der Waals surface area (Å²) in [5, 5.41) is 6.71. The predicted molar refractivity (Wildman–Crippen MR) is 138 cm³/mol. The van der Waals surface area contributed by atoms with Crippen LogP contribution in [0.4, 0.5) is 5.69 Å². The average molecular weight is 579 g/mol. The van der Waals surface area contributed by atoms with E-state index in [1.54, 1.807) is 42.5 Å². The van der Waals surface area contributed by atoms with E-state index in [0.29, 0.717) is 38.7 Å². The van der Waals surface area contributed by atoms with Crippen LogP contribution in [0.2, 0.25) is 10.0 Å². The topological polar surface area (TPSA) is 106 Å². The second-order valence-electron chi connectivity index (χ2n) is 6.81. The number of halogens is 3. The molecule has 0 saturated heterocycles. The van der Waals surface area contributed by atoms with Gasteiger partial charge < -0.3 is 14.8 Å². The molecule has 0 fully saturated rings. The minimum Gasteiger partial charge on any atom is -0.494 e. The van der Waals surface area contributed by atoms with Crippen molar-refractivity contribution in [3.63, 3.8) is 0 Å². The first-order valence-electron chi connectivity index (χ1n) is 10.1. The van der Waals surface area contributed by atoms with Gasteiger partial charge in [0.05, 0.1) is 28.4 Å². The summed E-state index contributed by atoms with van der Waals surface area (Å²) in [6.07, 6.45) is 1.25. The van der Waals surface area contributed by atoms with Gasteiger partial charge in [-0.2, -0.15) is 5.10 Å². The Morgan fingerprint density at radius 1 is 0.971 bits per heavy atom. The van der Waals surface area contributed by atoms with Crippen molar-refractivity contribution in [2.75, 3.05) is 11.9 Å². The van der Waals surface area contributed by atoms with Gasteiger partial charge >= 0.3 is 17.8 Å². The molecule has 3 aromatic carbocycles. The van der Waals surface area contributed by atoms with Gasteiger partial charge in [0.15, 0.2) is 0 Å². The Hall–Kier alpha value is -3.40. The number of benzene rings is 3. The number of hydrogen-bond donors (Lipinski definition) is 2. The fourth-order valence-corrected chi connectivity index (χ4v) is 3.38. The van der Waals surface area contributed by atoms with Crippen molar-refractivity contribution in [1.29, 1.82) is 0 Å². The molecule has 0 spiro atoms. The molecule has 0 aromatic heterocycles. The Morgan fingerprint density at radius 2 is 1.71 bits per heavy atom. The van der Waals surface area contributed by atoms with Gasteiger partial charge in [0.1, 0.15) is 11.5 Å². The van der Waals surface area contributed by atoms with Crippen LogP contribution in [0, 0.1) is 0 Å². The lowest BCUT2D eigenvalue weighted by atomic mass is 10.2. The van der Waals surface area contributed by atoms with Crippen LogP contribution in [0.3, 0.4) is 0 Å². The standard InChI is InChI=1S/C24H18BrCl2N3O5/c1-2-34-18-7-3-14(4-8-18)24(33)35-21-10-5-16(25)11-15(21)13-28-30-23(32)22(31)29-17-6-9-19(26)20(27)12-17/h3-13H,2H2,1H3,(H,29,31)(H,30,32)/b28-13-. The maximum atomic E-state index is 12.6. The zero-order valence-electron chi connectivity index (χ0n) is 18.2. The Kier molecular flexibility index (Phi) is 9.25. The van der Waals surface area contributed by atoms with Crippen molar-refractivity contribution in [2.45, 2.75) is 6.92 Å². The van der Waals surface area contributed by atoms with E-state index in [-0.39, 0.29) is 10.8 Å². The van der Waals surface area contributed by atoms with Gasteiger partial charge in [-0.25, -0.2) is 10.2 Å². The molecule has 0 atom stereocenters. The zero-order chi connectivity index (χ0) is 25.4. The van der Waals surface area contributed by atoms with Crippen LogP contribution in [0.15, 0.2) is 70.2 Å². The molecule has 0 aliphatic carbocycles. The largest absolute Gasteiger partial charge is 0.494 e. The number of nitrogens with one attached hydrogen (secondary N) is 2. The number of esters is 1. The maximum absolute atomic E-state index is 12.6. The number of hydrogen-bond acceptors (Lipinski definition) is 6. The molecule has 2 amide bonds. The molecule has 2 N–H and O–H groups in total. The minimum absolute atomic E-state index is 0.199. The second-order valence-corrected chi connectivity index (χ2v) is 8.54. The average Bonchev–Trinajstić information content (AvgIpc) is 2.83. The lowest BCUT2D eigenvalue weighted by Gasteiger charge is -2.09. The number of rotatable bonds is 7. The Labute approximate surface area is 219 Å². The van der Waals surface area contributed by atoms with Crippen molar-refractivity contribution >= 4 is 68.8 Å². The fraction of sp³-hybridized carbons (Fsp3) is 0.0833. The molecule has 3 rings (SSSR count). The minimum atomic E-state index is -1.02. The zero-order valence-corrected chi connectivity index (χ0v) is 21.3. The van der Waals surface area contributed by atoms with Crippen molar-refractivity contribution in [2.24, 2.45) is 5.10 Å². The smallest absolute Gasteiger partial charge is 0.343 e. The summed E-state index contributed by atoms with van der Waals surface area (Å²) in [6, 6.07) is 15.8. The van der Waals surface area contributed by atoms with Gasteiger partial charge in [-0.3, -0.25) is 9.59 Å². The quantitative estimate of drug-likeness (QED) is 0.127. The normalized spacial score (nSPS) is 10.6. The van der Waals surface area contributed by atoms with E-state index < -0.39 is 17.8 Å². The van der Waals surface area contributed by atoms with E-state index in [0.717, 1.165) is 0 Å². The maximum Gasteiger partial charge on any atom is 0.343 e. The highest BCUT2D eigenvalue weighted by molar-refractivity contribution is 9.10. The molecular formula is C24H18BrCl2N3O5. The summed E-state index contributed by atoms with van der Waals surface area (Å²) in [7, 11) is 0. The number of carbonyl (C=O) groups is 3.